The van der Waals surface area contributed by atoms with Crippen LogP contribution in [0.25, 0.3) is 0 Å². The Kier molecular flexibility index (Phi) is 6.78. The first-order valence-corrected chi connectivity index (χ1v) is 10.9. The number of nitrogens with zero attached hydrogens (tertiary/aromatic N) is 1. The van der Waals surface area contributed by atoms with Crippen LogP contribution in [0.3, 0.4) is 0 Å². The van der Waals surface area contributed by atoms with Gasteiger partial charge < -0.3 is 10.2 Å². The van der Waals surface area contributed by atoms with E-state index in [-0.39, 0.29) is 23.8 Å². The monoisotopic (exact) mass is 412 g/mol. The van der Waals surface area contributed by atoms with E-state index in [1.807, 2.05) is 95.9 Å². The summed E-state index contributed by atoms with van der Waals surface area (Å²) in [4.78, 5) is 27.8. The first kappa shape index (κ1) is 20.9. The molecule has 1 fully saturated rings. The Labute approximate surface area is 183 Å². The van der Waals surface area contributed by atoms with Crippen molar-refractivity contribution in [2.24, 2.45) is 0 Å². The predicted molar refractivity (Wildman–Crippen MR) is 123 cm³/mol. The molecule has 3 aromatic carbocycles. The number of hydrogen-bond donors (Lipinski definition) is 1. The molecule has 4 heteroatoms. The van der Waals surface area contributed by atoms with Crippen molar-refractivity contribution in [3.63, 3.8) is 0 Å². The van der Waals surface area contributed by atoms with Crippen molar-refractivity contribution in [2.75, 3.05) is 13.1 Å². The van der Waals surface area contributed by atoms with Crippen LogP contribution in [0.1, 0.15) is 35.4 Å². The van der Waals surface area contributed by atoms with E-state index >= 15 is 0 Å². The molecule has 2 amide bonds. The summed E-state index contributed by atoms with van der Waals surface area (Å²) in [6, 6.07) is 29.8. The number of likely N-dealkylation sites (tertiary alicyclic amines) is 1. The summed E-state index contributed by atoms with van der Waals surface area (Å²) in [5.41, 5.74) is 3.04. The summed E-state index contributed by atoms with van der Waals surface area (Å²) in [5.74, 6) is -0.125. The van der Waals surface area contributed by atoms with Gasteiger partial charge in [-0.1, -0.05) is 91.0 Å². The maximum atomic E-state index is 13.5. The van der Waals surface area contributed by atoms with Gasteiger partial charge in [0, 0.05) is 19.1 Å². The molecule has 1 aliphatic heterocycles. The summed E-state index contributed by atoms with van der Waals surface area (Å²) in [6.45, 7) is 1.32. The number of hydrogen-bond acceptors (Lipinski definition) is 2. The molecule has 3 aromatic rings. The van der Waals surface area contributed by atoms with Gasteiger partial charge in [0.15, 0.2) is 0 Å². The lowest BCUT2D eigenvalue weighted by Crippen LogP contribution is -2.48. The van der Waals surface area contributed by atoms with Gasteiger partial charge in [-0.15, -0.1) is 0 Å². The van der Waals surface area contributed by atoms with Gasteiger partial charge in [-0.2, -0.15) is 0 Å². The van der Waals surface area contributed by atoms with Crippen molar-refractivity contribution >= 4 is 11.8 Å². The fraction of sp³-hybridized carbons (Fsp3) is 0.259. The molecule has 1 saturated heterocycles. The second kappa shape index (κ2) is 10.1. The van der Waals surface area contributed by atoms with Crippen LogP contribution in [0.5, 0.6) is 0 Å². The second-order valence-corrected chi connectivity index (χ2v) is 8.08. The highest BCUT2D eigenvalue weighted by Gasteiger charge is 2.30. The molecule has 4 nitrogen and oxygen atoms in total. The summed E-state index contributed by atoms with van der Waals surface area (Å²) in [7, 11) is 0. The lowest BCUT2D eigenvalue weighted by molar-refractivity contribution is -0.133. The van der Waals surface area contributed by atoms with Crippen molar-refractivity contribution in [1.82, 2.24) is 10.2 Å². The van der Waals surface area contributed by atoms with Gasteiger partial charge in [0.25, 0.3) is 0 Å². The third-order valence-corrected chi connectivity index (χ3v) is 5.89. The van der Waals surface area contributed by atoms with E-state index in [0.29, 0.717) is 19.5 Å². The minimum absolute atomic E-state index is 0.0439. The van der Waals surface area contributed by atoms with Crippen LogP contribution in [-0.2, 0) is 16.0 Å². The molecule has 0 bridgehead atoms. The van der Waals surface area contributed by atoms with Gasteiger partial charge in [0.05, 0.1) is 12.3 Å². The molecule has 1 N–H and O–H groups in total. The highest BCUT2D eigenvalue weighted by molar-refractivity contribution is 5.87. The van der Waals surface area contributed by atoms with Crippen molar-refractivity contribution in [2.45, 2.75) is 31.2 Å². The first-order chi connectivity index (χ1) is 15.2. The quantitative estimate of drug-likeness (QED) is 0.661. The zero-order valence-electron chi connectivity index (χ0n) is 17.6. The van der Waals surface area contributed by atoms with E-state index in [1.165, 1.54) is 0 Å². The zero-order valence-corrected chi connectivity index (χ0v) is 17.6. The number of carbonyl (C=O) groups is 2. The Hall–Kier alpha value is -3.40. The van der Waals surface area contributed by atoms with Crippen LogP contribution < -0.4 is 5.32 Å². The average Bonchev–Trinajstić information content (AvgIpc) is 2.82. The van der Waals surface area contributed by atoms with Crippen LogP contribution in [0.15, 0.2) is 91.0 Å². The van der Waals surface area contributed by atoms with Crippen LogP contribution >= 0.6 is 0 Å². The number of rotatable bonds is 6. The molecule has 0 atom stereocenters. The topological polar surface area (TPSA) is 49.4 Å². The molecule has 0 unspecified atom stereocenters. The smallest absolute Gasteiger partial charge is 0.234 e. The summed E-state index contributed by atoms with van der Waals surface area (Å²) < 4.78 is 0. The van der Waals surface area contributed by atoms with Crippen LogP contribution in [0.2, 0.25) is 0 Å². The molecule has 1 heterocycles. The summed E-state index contributed by atoms with van der Waals surface area (Å²) in [5, 5.41) is 3.14. The van der Waals surface area contributed by atoms with E-state index < -0.39 is 0 Å². The number of nitrogens with one attached hydrogen (secondary N) is 1. The largest absolute Gasteiger partial charge is 0.353 e. The molecule has 0 spiro atoms. The summed E-state index contributed by atoms with van der Waals surface area (Å²) >= 11 is 0. The lowest BCUT2D eigenvalue weighted by atomic mass is 9.89. The van der Waals surface area contributed by atoms with E-state index in [4.69, 9.17) is 0 Å². The molecular formula is C27H28N2O2. The fourth-order valence-electron chi connectivity index (χ4n) is 4.26. The molecule has 0 aliphatic carbocycles. The fourth-order valence-corrected chi connectivity index (χ4v) is 4.26. The van der Waals surface area contributed by atoms with Crippen molar-refractivity contribution < 1.29 is 9.59 Å². The molecule has 31 heavy (non-hydrogen) atoms. The number of carbonyl (C=O) groups excluding carboxylic acids is 2. The van der Waals surface area contributed by atoms with Gasteiger partial charge >= 0.3 is 0 Å². The molecule has 4 rings (SSSR count). The van der Waals surface area contributed by atoms with Gasteiger partial charge in [-0.3, -0.25) is 9.59 Å². The highest BCUT2D eigenvalue weighted by atomic mass is 16.2. The van der Waals surface area contributed by atoms with Crippen molar-refractivity contribution in [3.05, 3.63) is 108 Å². The predicted octanol–water partition coefficient (Wildman–Crippen LogP) is 4.17. The molecule has 0 radical (unpaired) electrons. The molecular weight excluding hydrogens is 384 g/mol. The first-order valence-electron chi connectivity index (χ1n) is 10.9. The normalized spacial score (nSPS) is 14.4. The number of benzene rings is 3. The third-order valence-electron chi connectivity index (χ3n) is 5.89. The van der Waals surface area contributed by atoms with E-state index in [0.717, 1.165) is 29.5 Å². The minimum atomic E-state index is -0.299. The maximum absolute atomic E-state index is 13.5. The molecule has 0 aromatic heterocycles. The average molecular weight is 413 g/mol. The van der Waals surface area contributed by atoms with Crippen molar-refractivity contribution in [1.29, 1.82) is 0 Å². The Balaban J connectivity index is 1.38. The van der Waals surface area contributed by atoms with Crippen molar-refractivity contribution in [3.8, 4) is 0 Å². The van der Waals surface area contributed by atoms with Gasteiger partial charge in [-0.25, -0.2) is 0 Å². The Morgan fingerprint density at radius 2 is 1.26 bits per heavy atom. The molecule has 158 valence electrons. The van der Waals surface area contributed by atoms with Crippen LogP contribution in [0.4, 0.5) is 0 Å². The zero-order chi connectivity index (χ0) is 21.5. The highest BCUT2D eigenvalue weighted by Crippen LogP contribution is 2.28. The molecule has 0 saturated carbocycles. The Morgan fingerprint density at radius 3 is 1.77 bits per heavy atom. The Bertz CT molecular complexity index is 942. The lowest BCUT2D eigenvalue weighted by Gasteiger charge is -2.35. The van der Waals surface area contributed by atoms with E-state index in [2.05, 4.69) is 5.32 Å². The second-order valence-electron chi connectivity index (χ2n) is 8.08. The van der Waals surface area contributed by atoms with Crippen LogP contribution in [-0.4, -0.2) is 35.8 Å². The number of piperidine rings is 1. The third kappa shape index (κ3) is 5.40. The molecule has 1 aliphatic rings. The van der Waals surface area contributed by atoms with E-state index in [1.54, 1.807) is 0 Å². The summed E-state index contributed by atoms with van der Waals surface area (Å²) in [6.07, 6.45) is 1.95. The van der Waals surface area contributed by atoms with Gasteiger partial charge in [0.1, 0.15) is 0 Å². The van der Waals surface area contributed by atoms with Gasteiger partial charge in [-0.05, 0) is 29.5 Å². The van der Waals surface area contributed by atoms with Crippen LogP contribution in [0, 0.1) is 0 Å². The SMILES string of the molecule is O=C(Cc1ccccc1)NC1CCN(C(=O)C(c2ccccc2)c2ccccc2)CC1. The maximum Gasteiger partial charge on any atom is 0.234 e. The Morgan fingerprint density at radius 1 is 0.774 bits per heavy atom. The van der Waals surface area contributed by atoms with E-state index in [9.17, 15) is 9.59 Å². The van der Waals surface area contributed by atoms with Gasteiger partial charge in [0.2, 0.25) is 11.8 Å². The number of amides is 2. The standard InChI is InChI=1S/C27H28N2O2/c30-25(20-21-10-4-1-5-11-21)28-24-16-18-29(19-17-24)27(31)26(22-12-6-2-7-13-22)23-14-8-3-9-15-23/h1-15,24,26H,16-20H2,(H,28,30). The minimum Gasteiger partial charge on any atom is -0.353 e.